The molecule has 2 aromatic carbocycles. The van der Waals surface area contributed by atoms with Gasteiger partial charge in [-0.3, -0.25) is 9.80 Å². The molecule has 1 saturated heterocycles. The average Bonchev–Trinajstić information content (AvgIpc) is 2.78. The summed E-state index contributed by atoms with van der Waals surface area (Å²) in [5, 5.41) is 0. The Morgan fingerprint density at radius 2 is 1.47 bits per heavy atom. The summed E-state index contributed by atoms with van der Waals surface area (Å²) in [4.78, 5) is 7.87. The summed E-state index contributed by atoms with van der Waals surface area (Å²) in [5.41, 5.74) is 5.47. The van der Waals surface area contributed by atoms with Crippen LogP contribution in [0.4, 0.5) is 5.69 Å². The highest BCUT2D eigenvalue weighted by atomic mass is 15.2. The molecule has 0 saturated carbocycles. The first-order valence-corrected chi connectivity index (χ1v) is 12.6. The maximum absolute atomic E-state index is 4.50. The summed E-state index contributed by atoms with van der Waals surface area (Å²) in [6.07, 6.45) is 6.29. The number of anilines is 1. The highest BCUT2D eigenvalue weighted by Crippen LogP contribution is 2.21. The minimum absolute atomic E-state index is 0.952. The van der Waals surface area contributed by atoms with Gasteiger partial charge in [-0.25, -0.2) is 0 Å². The molecule has 1 fully saturated rings. The van der Waals surface area contributed by atoms with E-state index in [-0.39, 0.29) is 0 Å². The number of unbranched alkanes of at least 4 members (excludes halogenated alkanes) is 2. The summed E-state index contributed by atoms with van der Waals surface area (Å²) < 4.78 is 0. The number of benzene rings is 2. The fourth-order valence-electron chi connectivity index (χ4n) is 4.81. The maximum Gasteiger partial charge on any atom is 0.0398 e. The molecule has 1 aliphatic heterocycles. The van der Waals surface area contributed by atoms with Crippen LogP contribution in [0.1, 0.15) is 50.2 Å². The van der Waals surface area contributed by atoms with E-state index in [1.165, 1.54) is 67.6 Å². The molecule has 0 aliphatic carbocycles. The molecule has 2 aromatic rings. The lowest BCUT2D eigenvalue weighted by Crippen LogP contribution is -2.37. The first-order chi connectivity index (χ1) is 15.7. The summed E-state index contributed by atoms with van der Waals surface area (Å²) >= 11 is 0. The molecule has 0 aromatic heterocycles. The molecule has 3 heteroatoms. The zero-order valence-electron chi connectivity index (χ0n) is 20.4. The average molecular weight is 434 g/mol. The van der Waals surface area contributed by atoms with Crippen LogP contribution in [0.5, 0.6) is 0 Å². The second kappa shape index (κ2) is 13.4. The quantitative estimate of drug-likeness (QED) is 0.383. The Morgan fingerprint density at radius 1 is 0.781 bits per heavy atom. The lowest BCUT2D eigenvalue weighted by atomic mass is 10.1. The monoisotopic (exact) mass is 433 g/mol. The van der Waals surface area contributed by atoms with Gasteiger partial charge >= 0.3 is 0 Å². The molecule has 0 spiro atoms. The summed E-state index contributed by atoms with van der Waals surface area (Å²) in [6.45, 7) is 17.8. The number of rotatable bonds is 7. The van der Waals surface area contributed by atoms with Gasteiger partial charge in [-0.15, -0.1) is 0 Å². The fourth-order valence-corrected chi connectivity index (χ4v) is 4.81. The Balaban J connectivity index is 1.73. The van der Waals surface area contributed by atoms with Gasteiger partial charge in [-0.1, -0.05) is 74.9 Å². The molecule has 1 heterocycles. The predicted molar refractivity (Wildman–Crippen MR) is 139 cm³/mol. The van der Waals surface area contributed by atoms with E-state index in [1.807, 2.05) is 0 Å². The largest absolute Gasteiger partial charge is 0.367 e. The number of hydrogen-bond acceptors (Lipinski definition) is 3. The molecule has 3 nitrogen and oxygen atoms in total. The van der Waals surface area contributed by atoms with Gasteiger partial charge in [0.15, 0.2) is 0 Å². The normalized spacial score (nSPS) is 17.7. The van der Waals surface area contributed by atoms with Gasteiger partial charge in [0, 0.05) is 38.4 Å². The molecule has 0 bridgehead atoms. The molecule has 174 valence electrons. The van der Waals surface area contributed by atoms with Gasteiger partial charge in [0.1, 0.15) is 0 Å². The summed E-state index contributed by atoms with van der Waals surface area (Å²) in [6, 6.07) is 19.8. The van der Waals surface area contributed by atoms with Gasteiger partial charge in [0.2, 0.25) is 0 Å². The summed E-state index contributed by atoms with van der Waals surface area (Å²) in [5.74, 6) is 0. The topological polar surface area (TPSA) is 9.72 Å². The SMILES string of the molecule is C=C1CN(CCCCC)CCCN(Cc2ccccc2)CCCN(c2ccccc2C)C1. The van der Waals surface area contributed by atoms with Crippen LogP contribution in [-0.2, 0) is 6.54 Å². The van der Waals surface area contributed by atoms with Crippen molar-refractivity contribution in [1.29, 1.82) is 0 Å². The van der Waals surface area contributed by atoms with E-state index < -0.39 is 0 Å². The predicted octanol–water partition coefficient (Wildman–Crippen LogP) is 6.15. The van der Waals surface area contributed by atoms with Gasteiger partial charge in [-0.05, 0) is 68.6 Å². The van der Waals surface area contributed by atoms with Crippen molar-refractivity contribution < 1.29 is 0 Å². The Hall–Kier alpha value is -2.10. The molecule has 0 radical (unpaired) electrons. The Bertz CT molecular complexity index is 801. The number of para-hydroxylation sites is 1. The zero-order chi connectivity index (χ0) is 22.6. The first-order valence-electron chi connectivity index (χ1n) is 12.6. The lowest BCUT2D eigenvalue weighted by molar-refractivity contribution is 0.223. The molecule has 1 aliphatic rings. The molecule has 0 unspecified atom stereocenters. The van der Waals surface area contributed by atoms with Gasteiger partial charge in [-0.2, -0.15) is 0 Å². The van der Waals surface area contributed by atoms with Crippen molar-refractivity contribution in [2.24, 2.45) is 0 Å². The first kappa shape index (κ1) is 24.5. The third-order valence-corrected chi connectivity index (χ3v) is 6.50. The molecular formula is C29H43N3. The van der Waals surface area contributed by atoms with Crippen LogP contribution < -0.4 is 4.90 Å². The van der Waals surface area contributed by atoms with E-state index in [4.69, 9.17) is 0 Å². The van der Waals surface area contributed by atoms with Crippen LogP contribution in [0.2, 0.25) is 0 Å². The van der Waals surface area contributed by atoms with Gasteiger partial charge < -0.3 is 4.90 Å². The zero-order valence-corrected chi connectivity index (χ0v) is 20.4. The van der Waals surface area contributed by atoms with Gasteiger partial charge in [0.05, 0.1) is 0 Å². The number of aryl methyl sites for hydroxylation is 1. The maximum atomic E-state index is 4.50. The number of hydrogen-bond donors (Lipinski definition) is 0. The van der Waals surface area contributed by atoms with Crippen LogP contribution in [0.25, 0.3) is 0 Å². The van der Waals surface area contributed by atoms with Crippen LogP contribution in [0.15, 0.2) is 66.7 Å². The van der Waals surface area contributed by atoms with Crippen LogP contribution >= 0.6 is 0 Å². The molecule has 0 amide bonds. The molecular weight excluding hydrogens is 390 g/mol. The fraction of sp³-hybridized carbons (Fsp3) is 0.517. The van der Waals surface area contributed by atoms with Crippen LogP contribution in [0, 0.1) is 6.92 Å². The molecule has 3 rings (SSSR count). The van der Waals surface area contributed by atoms with E-state index in [1.54, 1.807) is 0 Å². The van der Waals surface area contributed by atoms with Crippen molar-refractivity contribution in [2.75, 3.05) is 50.7 Å². The Labute approximate surface area is 196 Å². The van der Waals surface area contributed by atoms with E-state index in [0.717, 1.165) is 39.3 Å². The lowest BCUT2D eigenvalue weighted by Gasteiger charge is -2.33. The van der Waals surface area contributed by atoms with E-state index in [0.29, 0.717) is 0 Å². The smallest absolute Gasteiger partial charge is 0.0398 e. The van der Waals surface area contributed by atoms with Gasteiger partial charge in [0.25, 0.3) is 0 Å². The van der Waals surface area contributed by atoms with Crippen LogP contribution in [-0.4, -0.2) is 55.6 Å². The standard InChI is InChI=1S/C29H43N3/c1-4-5-11-18-30-19-12-20-31(25-28-15-7-6-8-16-28)21-13-22-32(24-26(2)23-30)29-17-10-9-14-27(29)3/h6-10,14-17H,2,4-5,11-13,18-25H2,1,3H3. The van der Waals surface area contributed by atoms with Crippen molar-refractivity contribution in [1.82, 2.24) is 9.80 Å². The van der Waals surface area contributed by atoms with Crippen molar-refractivity contribution >= 4 is 5.69 Å². The van der Waals surface area contributed by atoms with Crippen molar-refractivity contribution in [2.45, 2.75) is 52.5 Å². The molecule has 0 N–H and O–H groups in total. The summed E-state index contributed by atoms with van der Waals surface area (Å²) in [7, 11) is 0. The van der Waals surface area contributed by atoms with Crippen molar-refractivity contribution in [3.05, 3.63) is 77.9 Å². The second-order valence-electron chi connectivity index (χ2n) is 9.41. The Kier molecular flexibility index (Phi) is 10.3. The van der Waals surface area contributed by atoms with Crippen molar-refractivity contribution in [3.63, 3.8) is 0 Å². The van der Waals surface area contributed by atoms with Crippen molar-refractivity contribution in [3.8, 4) is 0 Å². The van der Waals surface area contributed by atoms with E-state index >= 15 is 0 Å². The van der Waals surface area contributed by atoms with E-state index in [2.05, 4.69) is 89.7 Å². The third-order valence-electron chi connectivity index (χ3n) is 6.50. The van der Waals surface area contributed by atoms with Crippen LogP contribution in [0.3, 0.4) is 0 Å². The minimum atomic E-state index is 0.952. The Morgan fingerprint density at radius 3 is 2.22 bits per heavy atom. The van der Waals surface area contributed by atoms with E-state index in [9.17, 15) is 0 Å². The molecule has 0 atom stereocenters. The highest BCUT2D eigenvalue weighted by Gasteiger charge is 2.16. The number of nitrogens with zero attached hydrogens (tertiary/aromatic N) is 3. The minimum Gasteiger partial charge on any atom is -0.367 e. The second-order valence-corrected chi connectivity index (χ2v) is 9.41. The highest BCUT2D eigenvalue weighted by molar-refractivity contribution is 5.53. The molecule has 32 heavy (non-hydrogen) atoms. The third kappa shape index (κ3) is 8.11.